The number of carbonyl (C=O) groups excluding carboxylic acids is 1. The van der Waals surface area contributed by atoms with Gasteiger partial charge < -0.3 is 4.74 Å². The first-order valence-electron chi connectivity index (χ1n) is 10.7. The minimum absolute atomic E-state index is 0.144. The third kappa shape index (κ3) is 1.85. The van der Waals surface area contributed by atoms with Crippen LogP contribution in [0.3, 0.4) is 0 Å². The molecule has 0 bridgehead atoms. The van der Waals surface area contributed by atoms with Gasteiger partial charge in [0.05, 0.1) is 0 Å². The zero-order chi connectivity index (χ0) is 17.7. The van der Waals surface area contributed by atoms with Crippen molar-refractivity contribution in [2.24, 2.45) is 34.5 Å². The number of epoxide rings is 1. The van der Waals surface area contributed by atoms with Gasteiger partial charge in [0.25, 0.3) is 5.24 Å². The number of rotatable bonds is 1. The van der Waals surface area contributed by atoms with Crippen molar-refractivity contribution in [3.63, 3.8) is 0 Å². The molecule has 1 heterocycles. The fraction of sp³-hybridized carbons (Fsp3) is 0.955. The van der Waals surface area contributed by atoms with Crippen molar-refractivity contribution >= 4 is 16.8 Å². The Morgan fingerprint density at radius 1 is 0.920 bits per heavy atom. The molecule has 0 aromatic rings. The van der Waals surface area contributed by atoms with Gasteiger partial charge in [-0.25, -0.2) is 0 Å². The van der Waals surface area contributed by atoms with Gasteiger partial charge in [-0.3, -0.25) is 4.79 Å². The van der Waals surface area contributed by atoms with E-state index in [-0.39, 0.29) is 16.3 Å². The van der Waals surface area contributed by atoms with Gasteiger partial charge in [-0.15, -0.1) is 0 Å². The minimum Gasteiger partial charge on any atom is -0.352 e. The topological polar surface area (TPSA) is 29.6 Å². The molecule has 3 heteroatoms. The van der Waals surface area contributed by atoms with Crippen LogP contribution in [0.4, 0.5) is 0 Å². The molecule has 0 amide bonds. The molecule has 0 aromatic carbocycles. The lowest BCUT2D eigenvalue weighted by Gasteiger charge is -2.60. The molecule has 4 aliphatic carbocycles. The standard InChI is InChI=1S/C22H33ClO2/c1-19-11-5-4-6-14(19)7-8-15-16(19)9-12-20(2)17(15)10-13-22(20)21(3,25-22)18(23)24/h14-17H,4-13H2,1-3H3/t14?,15-,16+,17+,19+,20+,21+,22-/m1/s1. The van der Waals surface area contributed by atoms with Crippen LogP contribution in [-0.4, -0.2) is 16.4 Å². The summed E-state index contributed by atoms with van der Waals surface area (Å²) in [6.07, 6.45) is 13.5. The predicted molar refractivity (Wildman–Crippen MR) is 99.4 cm³/mol. The molecule has 8 atom stereocenters. The van der Waals surface area contributed by atoms with Crippen molar-refractivity contribution < 1.29 is 9.53 Å². The molecule has 140 valence electrons. The third-order valence-corrected chi connectivity index (χ3v) is 10.5. The first-order valence-corrected chi connectivity index (χ1v) is 11.1. The van der Waals surface area contributed by atoms with E-state index in [1.807, 2.05) is 6.92 Å². The first kappa shape index (κ1) is 17.0. The van der Waals surface area contributed by atoms with E-state index in [4.69, 9.17) is 16.3 Å². The van der Waals surface area contributed by atoms with Crippen LogP contribution in [-0.2, 0) is 9.53 Å². The van der Waals surface area contributed by atoms with Crippen LogP contribution < -0.4 is 0 Å². The summed E-state index contributed by atoms with van der Waals surface area (Å²) in [5, 5.41) is -0.278. The summed E-state index contributed by atoms with van der Waals surface area (Å²) in [5.74, 6) is 3.44. The summed E-state index contributed by atoms with van der Waals surface area (Å²) in [6, 6.07) is 0. The summed E-state index contributed by atoms with van der Waals surface area (Å²) in [6.45, 7) is 7.00. The van der Waals surface area contributed by atoms with Crippen molar-refractivity contribution in [2.45, 2.75) is 96.2 Å². The van der Waals surface area contributed by atoms with Crippen molar-refractivity contribution in [2.75, 3.05) is 0 Å². The Kier molecular flexibility index (Phi) is 3.44. The SMILES string of the molecule is C[C@]12CCCCC1CC[C@@H]1[C@@H]2CC[C@@]2(C)[C@H]1CC[C@@]21O[C@@]1(C)C(=O)Cl. The number of halogens is 1. The van der Waals surface area contributed by atoms with Gasteiger partial charge in [0.1, 0.15) is 5.60 Å². The third-order valence-electron chi connectivity index (χ3n) is 10.2. The van der Waals surface area contributed by atoms with Crippen LogP contribution in [0.1, 0.15) is 85.0 Å². The molecule has 0 N–H and O–H groups in total. The molecule has 0 radical (unpaired) electrons. The Bertz CT molecular complexity index is 619. The quantitative estimate of drug-likeness (QED) is 0.440. The number of hydrogen-bond acceptors (Lipinski definition) is 2. The van der Waals surface area contributed by atoms with Crippen molar-refractivity contribution in [3.05, 3.63) is 0 Å². The van der Waals surface area contributed by atoms with E-state index in [9.17, 15) is 4.79 Å². The molecule has 1 aliphatic heterocycles. The van der Waals surface area contributed by atoms with E-state index in [0.717, 1.165) is 30.1 Å². The molecule has 1 saturated heterocycles. The lowest BCUT2D eigenvalue weighted by molar-refractivity contribution is -0.117. The van der Waals surface area contributed by atoms with E-state index in [1.54, 1.807) is 0 Å². The zero-order valence-corrected chi connectivity index (χ0v) is 16.8. The van der Waals surface area contributed by atoms with Crippen molar-refractivity contribution in [1.29, 1.82) is 0 Å². The fourth-order valence-corrected chi connectivity index (χ4v) is 8.96. The lowest BCUT2D eigenvalue weighted by Crippen LogP contribution is -2.54. The molecule has 4 saturated carbocycles. The Labute approximate surface area is 157 Å². The maximum absolute atomic E-state index is 12.1. The number of carbonyl (C=O) groups is 1. The van der Waals surface area contributed by atoms with Crippen LogP contribution in [0.2, 0.25) is 0 Å². The molecule has 25 heavy (non-hydrogen) atoms. The van der Waals surface area contributed by atoms with Gasteiger partial charge in [0, 0.05) is 5.41 Å². The van der Waals surface area contributed by atoms with Gasteiger partial charge >= 0.3 is 0 Å². The highest BCUT2D eigenvalue weighted by Gasteiger charge is 2.82. The largest absolute Gasteiger partial charge is 0.352 e. The highest BCUT2D eigenvalue weighted by molar-refractivity contribution is 6.66. The van der Waals surface area contributed by atoms with Crippen LogP contribution in [0.5, 0.6) is 0 Å². The van der Waals surface area contributed by atoms with Gasteiger partial charge in [0.2, 0.25) is 0 Å². The molecule has 5 fully saturated rings. The average Bonchev–Trinajstić information content (AvgIpc) is 3.10. The monoisotopic (exact) mass is 364 g/mol. The van der Waals surface area contributed by atoms with E-state index < -0.39 is 5.60 Å². The molecule has 5 aliphatic rings. The van der Waals surface area contributed by atoms with E-state index in [1.165, 1.54) is 57.8 Å². The summed E-state index contributed by atoms with van der Waals surface area (Å²) >= 11 is 5.97. The molecule has 1 spiro atoms. The van der Waals surface area contributed by atoms with E-state index >= 15 is 0 Å². The van der Waals surface area contributed by atoms with Crippen LogP contribution in [0, 0.1) is 34.5 Å². The Morgan fingerprint density at radius 3 is 2.40 bits per heavy atom. The zero-order valence-electron chi connectivity index (χ0n) is 16.1. The second kappa shape index (κ2) is 5.04. The summed E-state index contributed by atoms with van der Waals surface area (Å²) < 4.78 is 6.22. The van der Waals surface area contributed by atoms with Gasteiger partial charge in [-0.05, 0) is 99.0 Å². The van der Waals surface area contributed by atoms with Crippen molar-refractivity contribution in [3.8, 4) is 0 Å². The molecule has 5 rings (SSSR count). The first-order chi connectivity index (χ1) is 11.8. The number of hydrogen-bond donors (Lipinski definition) is 0. The number of fused-ring (bicyclic) bond motifs is 6. The molecular weight excluding hydrogens is 332 g/mol. The summed E-state index contributed by atoms with van der Waals surface area (Å²) in [4.78, 5) is 12.1. The van der Waals surface area contributed by atoms with Gasteiger partial charge in [-0.2, -0.15) is 0 Å². The van der Waals surface area contributed by atoms with Crippen LogP contribution >= 0.6 is 11.6 Å². The summed E-state index contributed by atoms with van der Waals surface area (Å²) in [5.41, 5.74) is -0.269. The molecule has 0 aromatic heterocycles. The van der Waals surface area contributed by atoms with Gasteiger partial charge in [0.15, 0.2) is 5.60 Å². The maximum Gasteiger partial charge on any atom is 0.256 e. The fourth-order valence-electron chi connectivity index (χ4n) is 8.77. The second-order valence-electron chi connectivity index (χ2n) is 10.6. The molecule has 1 unspecified atom stereocenters. The molecule has 2 nitrogen and oxygen atoms in total. The maximum atomic E-state index is 12.1. The van der Waals surface area contributed by atoms with E-state index in [0.29, 0.717) is 5.41 Å². The minimum atomic E-state index is -0.725. The lowest BCUT2D eigenvalue weighted by atomic mass is 9.44. The highest BCUT2D eigenvalue weighted by atomic mass is 35.5. The second-order valence-corrected chi connectivity index (χ2v) is 11.0. The van der Waals surface area contributed by atoms with Crippen LogP contribution in [0.15, 0.2) is 0 Å². The Balaban J connectivity index is 1.47. The normalized spacial score (nSPS) is 59.8. The molecular formula is C22H33ClO2. The average molecular weight is 365 g/mol. The smallest absolute Gasteiger partial charge is 0.256 e. The van der Waals surface area contributed by atoms with Crippen molar-refractivity contribution in [1.82, 2.24) is 0 Å². The van der Waals surface area contributed by atoms with Gasteiger partial charge in [-0.1, -0.05) is 26.7 Å². The summed E-state index contributed by atoms with van der Waals surface area (Å²) in [7, 11) is 0. The van der Waals surface area contributed by atoms with E-state index in [2.05, 4.69) is 13.8 Å². The predicted octanol–water partition coefficient (Wildman–Crippen LogP) is 5.71. The Hall–Kier alpha value is -0.0800. The highest BCUT2D eigenvalue weighted by Crippen LogP contribution is 2.76. The Morgan fingerprint density at radius 2 is 1.68 bits per heavy atom. The number of ether oxygens (including phenoxy) is 1. The van der Waals surface area contributed by atoms with Crippen LogP contribution in [0.25, 0.3) is 0 Å².